The van der Waals surface area contributed by atoms with Gasteiger partial charge in [-0.15, -0.1) is 0 Å². The van der Waals surface area contributed by atoms with Gasteiger partial charge in [-0.2, -0.15) is 5.10 Å². The molecule has 146 valence electrons. The molecule has 0 amide bonds. The van der Waals surface area contributed by atoms with Crippen LogP contribution < -0.4 is 10.1 Å². The van der Waals surface area contributed by atoms with E-state index in [9.17, 15) is 4.39 Å². The molecule has 1 aliphatic rings. The number of aryl methyl sites for hydroxylation is 1. The monoisotopic (exact) mass is 373 g/mol. The average molecular weight is 373 g/mol. The molecule has 3 rings (SSSR count). The Bertz CT molecular complexity index is 758. The van der Waals surface area contributed by atoms with Crippen molar-refractivity contribution < 1.29 is 9.13 Å². The Morgan fingerprint density at radius 3 is 2.85 bits per heavy atom. The van der Waals surface area contributed by atoms with E-state index in [1.54, 1.807) is 12.1 Å². The van der Waals surface area contributed by atoms with Crippen LogP contribution in [0.4, 0.5) is 4.39 Å². The van der Waals surface area contributed by atoms with Crippen molar-refractivity contribution in [3.05, 3.63) is 48.0 Å². The number of guanidine groups is 1. The third-order valence-electron chi connectivity index (χ3n) is 4.78. The fourth-order valence-corrected chi connectivity index (χ4v) is 3.46. The minimum absolute atomic E-state index is 0.0546. The number of ether oxygens (including phenoxy) is 1. The van der Waals surface area contributed by atoms with E-state index in [-0.39, 0.29) is 11.9 Å². The van der Waals surface area contributed by atoms with E-state index in [1.165, 1.54) is 17.7 Å². The summed E-state index contributed by atoms with van der Waals surface area (Å²) in [5, 5.41) is 7.64. The Labute approximate surface area is 160 Å². The van der Waals surface area contributed by atoms with E-state index in [0.717, 1.165) is 31.9 Å². The molecular weight excluding hydrogens is 345 g/mol. The van der Waals surface area contributed by atoms with E-state index in [0.29, 0.717) is 18.2 Å². The molecule has 0 spiro atoms. The Morgan fingerprint density at radius 2 is 2.19 bits per heavy atom. The van der Waals surface area contributed by atoms with Gasteiger partial charge in [0.2, 0.25) is 0 Å². The minimum Gasteiger partial charge on any atom is -0.489 e. The van der Waals surface area contributed by atoms with Gasteiger partial charge in [0.15, 0.2) is 5.96 Å². The maximum absolute atomic E-state index is 13.0. The van der Waals surface area contributed by atoms with E-state index >= 15 is 0 Å². The maximum Gasteiger partial charge on any atom is 0.193 e. The Kier molecular flexibility index (Phi) is 6.32. The van der Waals surface area contributed by atoms with Crippen LogP contribution in [0.3, 0.4) is 0 Å². The van der Waals surface area contributed by atoms with Crippen molar-refractivity contribution in [1.82, 2.24) is 20.0 Å². The number of halogens is 1. The van der Waals surface area contributed by atoms with Crippen LogP contribution in [0.5, 0.6) is 5.75 Å². The lowest BCUT2D eigenvalue weighted by Crippen LogP contribution is -2.43. The van der Waals surface area contributed by atoms with Crippen LogP contribution in [0.1, 0.15) is 18.9 Å². The number of nitrogens with zero attached hydrogens (tertiary/aromatic N) is 4. The van der Waals surface area contributed by atoms with Gasteiger partial charge in [0.1, 0.15) is 17.7 Å². The second kappa shape index (κ2) is 8.88. The van der Waals surface area contributed by atoms with Crippen molar-refractivity contribution in [2.75, 3.05) is 26.7 Å². The second-order valence-corrected chi connectivity index (χ2v) is 7.14. The van der Waals surface area contributed by atoms with Crippen LogP contribution in [0, 0.1) is 11.7 Å². The fourth-order valence-electron chi connectivity index (χ4n) is 3.46. The molecule has 2 atom stereocenters. The smallest absolute Gasteiger partial charge is 0.193 e. The van der Waals surface area contributed by atoms with Gasteiger partial charge in [-0.25, -0.2) is 4.39 Å². The first-order valence-electron chi connectivity index (χ1n) is 9.39. The Morgan fingerprint density at radius 1 is 1.41 bits per heavy atom. The van der Waals surface area contributed by atoms with Crippen molar-refractivity contribution in [1.29, 1.82) is 0 Å². The SMILES string of the molecule is CN=C(NCC(C)Oc1ccc(F)cc1)N1CCC(Cc2cnn(C)c2)C1. The predicted molar refractivity (Wildman–Crippen MR) is 104 cm³/mol. The quantitative estimate of drug-likeness (QED) is 0.624. The lowest BCUT2D eigenvalue weighted by atomic mass is 10.0. The average Bonchev–Trinajstić information content (AvgIpc) is 3.27. The molecule has 2 aromatic rings. The number of likely N-dealkylation sites (tertiary alicyclic amines) is 1. The van der Waals surface area contributed by atoms with Crippen molar-refractivity contribution in [3.63, 3.8) is 0 Å². The molecule has 2 unspecified atom stereocenters. The third-order valence-corrected chi connectivity index (χ3v) is 4.78. The first kappa shape index (κ1) is 19.2. The summed E-state index contributed by atoms with van der Waals surface area (Å²) in [6, 6.07) is 6.09. The van der Waals surface area contributed by atoms with E-state index in [1.807, 2.05) is 31.9 Å². The molecule has 1 aromatic heterocycles. The maximum atomic E-state index is 13.0. The number of aromatic nitrogens is 2. The summed E-state index contributed by atoms with van der Waals surface area (Å²) in [5.74, 6) is 1.92. The first-order valence-corrected chi connectivity index (χ1v) is 9.39. The van der Waals surface area contributed by atoms with E-state index in [2.05, 4.69) is 26.5 Å². The highest BCUT2D eigenvalue weighted by Crippen LogP contribution is 2.20. The lowest BCUT2D eigenvalue weighted by Gasteiger charge is -2.23. The van der Waals surface area contributed by atoms with E-state index in [4.69, 9.17) is 4.74 Å². The molecule has 7 heteroatoms. The summed E-state index contributed by atoms with van der Waals surface area (Å²) in [6.07, 6.45) is 6.18. The topological polar surface area (TPSA) is 54.7 Å². The van der Waals surface area contributed by atoms with Crippen molar-refractivity contribution >= 4 is 5.96 Å². The van der Waals surface area contributed by atoms with Gasteiger partial charge >= 0.3 is 0 Å². The van der Waals surface area contributed by atoms with Crippen molar-refractivity contribution in [3.8, 4) is 5.75 Å². The number of rotatable bonds is 6. The first-order chi connectivity index (χ1) is 13.0. The standard InChI is InChI=1S/C20H28FN5O/c1-15(27-19-6-4-18(21)5-7-19)11-23-20(22-2)26-9-8-16(14-26)10-17-12-24-25(3)13-17/h4-7,12-13,15-16H,8-11,14H2,1-3H3,(H,22,23). The Hall–Kier alpha value is -2.57. The zero-order valence-corrected chi connectivity index (χ0v) is 16.2. The molecular formula is C20H28FN5O. The molecule has 0 radical (unpaired) electrons. The molecule has 6 nitrogen and oxygen atoms in total. The van der Waals surface area contributed by atoms with Gasteiger partial charge in [-0.05, 0) is 55.5 Å². The summed E-state index contributed by atoms with van der Waals surface area (Å²) in [5.41, 5.74) is 1.29. The normalized spacial score (nSPS) is 18.6. The summed E-state index contributed by atoms with van der Waals surface area (Å²) in [7, 11) is 3.76. The fraction of sp³-hybridized carbons (Fsp3) is 0.500. The number of nitrogens with one attached hydrogen (secondary N) is 1. The highest BCUT2D eigenvalue weighted by atomic mass is 19.1. The third kappa shape index (κ3) is 5.45. The molecule has 2 heterocycles. The molecule has 0 bridgehead atoms. The minimum atomic E-state index is -0.261. The highest BCUT2D eigenvalue weighted by Gasteiger charge is 2.25. The van der Waals surface area contributed by atoms with Crippen LogP contribution in [0.15, 0.2) is 41.7 Å². The van der Waals surface area contributed by atoms with Crippen LogP contribution >= 0.6 is 0 Å². The van der Waals surface area contributed by atoms with Crippen LogP contribution in [0.2, 0.25) is 0 Å². The zero-order valence-electron chi connectivity index (χ0n) is 16.2. The molecule has 1 aliphatic heterocycles. The van der Waals surface area contributed by atoms with Gasteiger partial charge in [0.05, 0.1) is 12.7 Å². The summed E-state index contributed by atoms with van der Waals surface area (Å²) in [6.45, 7) is 4.60. The number of aliphatic imine (C=N–C) groups is 1. The highest BCUT2D eigenvalue weighted by molar-refractivity contribution is 5.80. The molecule has 0 aliphatic carbocycles. The van der Waals surface area contributed by atoms with Gasteiger partial charge in [-0.1, -0.05) is 0 Å². The van der Waals surface area contributed by atoms with Crippen molar-refractivity contribution in [2.24, 2.45) is 18.0 Å². The van der Waals surface area contributed by atoms with Crippen molar-refractivity contribution in [2.45, 2.75) is 25.9 Å². The van der Waals surface area contributed by atoms with Gasteiger partial charge < -0.3 is 15.0 Å². The number of benzene rings is 1. The van der Waals surface area contributed by atoms with Gasteiger partial charge in [-0.3, -0.25) is 9.67 Å². The molecule has 1 saturated heterocycles. The van der Waals surface area contributed by atoms with Crippen LogP contribution in [-0.2, 0) is 13.5 Å². The molecule has 27 heavy (non-hydrogen) atoms. The molecule has 1 fully saturated rings. The largest absolute Gasteiger partial charge is 0.489 e. The second-order valence-electron chi connectivity index (χ2n) is 7.14. The number of hydrogen-bond donors (Lipinski definition) is 1. The molecule has 0 saturated carbocycles. The van der Waals surface area contributed by atoms with Crippen LogP contribution in [0.25, 0.3) is 0 Å². The predicted octanol–water partition coefficient (Wildman–Crippen LogP) is 2.47. The van der Waals surface area contributed by atoms with E-state index < -0.39 is 0 Å². The van der Waals surface area contributed by atoms with Gasteiger partial charge in [0, 0.05) is 33.4 Å². The molecule has 1 aromatic carbocycles. The van der Waals surface area contributed by atoms with Crippen LogP contribution in [-0.4, -0.2) is 53.4 Å². The summed E-state index contributed by atoms with van der Waals surface area (Å²) in [4.78, 5) is 6.71. The molecule has 1 N–H and O–H groups in total. The van der Waals surface area contributed by atoms with Gasteiger partial charge in [0.25, 0.3) is 0 Å². The summed E-state index contributed by atoms with van der Waals surface area (Å²) < 4.78 is 20.6. The zero-order chi connectivity index (χ0) is 19.2. The Balaban J connectivity index is 1.45. The lowest BCUT2D eigenvalue weighted by molar-refractivity contribution is 0.222. The summed E-state index contributed by atoms with van der Waals surface area (Å²) >= 11 is 0. The number of hydrogen-bond acceptors (Lipinski definition) is 3.